The number of para-hydroxylation sites is 1. The average Bonchev–Trinajstić information content (AvgIpc) is 2.60. The lowest BCUT2D eigenvalue weighted by molar-refractivity contribution is -0.117. The molecule has 1 atom stereocenters. The number of rotatable bonds is 7. The molecule has 25 heavy (non-hydrogen) atoms. The summed E-state index contributed by atoms with van der Waals surface area (Å²) in [5.74, 6) is 0.680. The highest BCUT2D eigenvalue weighted by Gasteiger charge is 2.22. The Morgan fingerprint density at radius 1 is 1.32 bits per heavy atom. The minimum atomic E-state index is -0.211. The van der Waals surface area contributed by atoms with E-state index in [4.69, 9.17) is 0 Å². The average molecular weight is 366 g/mol. The summed E-state index contributed by atoms with van der Waals surface area (Å²) in [6, 6.07) is 7.08. The highest BCUT2D eigenvalue weighted by atomic mass is 35.5. The molecule has 1 aromatic rings. The van der Waals surface area contributed by atoms with E-state index in [1.807, 2.05) is 6.07 Å². The second kappa shape index (κ2) is 10.9. The fraction of sp³-hybridized carbons (Fsp3) is 0.474. The number of carbonyl (C=O) groups is 2. The molecule has 0 radical (unpaired) electrons. The van der Waals surface area contributed by atoms with Crippen molar-refractivity contribution in [3.8, 4) is 0 Å². The van der Waals surface area contributed by atoms with Gasteiger partial charge in [-0.1, -0.05) is 25.1 Å². The summed E-state index contributed by atoms with van der Waals surface area (Å²) in [5.41, 5.74) is 1.03. The summed E-state index contributed by atoms with van der Waals surface area (Å²) in [4.78, 5) is 24.5. The summed E-state index contributed by atoms with van der Waals surface area (Å²) >= 11 is 0. The molecule has 3 N–H and O–H groups in total. The zero-order chi connectivity index (χ0) is 17.4. The third kappa shape index (κ3) is 6.52. The number of nitrogens with one attached hydrogen (secondary N) is 3. The van der Waals surface area contributed by atoms with E-state index in [1.165, 1.54) is 0 Å². The lowest BCUT2D eigenvalue weighted by atomic mass is 9.84. The monoisotopic (exact) mass is 365 g/mol. The number of carbonyl (C=O) groups excluding carboxylic acids is 2. The van der Waals surface area contributed by atoms with Crippen LogP contribution in [-0.4, -0.2) is 31.4 Å². The first kappa shape index (κ1) is 21.2. The molecular formula is C19H28ClN3O2. The van der Waals surface area contributed by atoms with Crippen LogP contribution in [0.25, 0.3) is 0 Å². The van der Waals surface area contributed by atoms with Gasteiger partial charge >= 0.3 is 0 Å². The molecule has 0 spiro atoms. The molecule has 0 bridgehead atoms. The number of piperidine rings is 1. The van der Waals surface area contributed by atoms with Gasteiger partial charge in [0.15, 0.2) is 0 Å². The largest absolute Gasteiger partial charge is 0.349 e. The van der Waals surface area contributed by atoms with E-state index < -0.39 is 0 Å². The molecule has 1 aliphatic heterocycles. The first-order chi connectivity index (χ1) is 11.6. The van der Waals surface area contributed by atoms with Gasteiger partial charge in [0.2, 0.25) is 5.91 Å². The van der Waals surface area contributed by atoms with Crippen molar-refractivity contribution in [2.45, 2.75) is 26.2 Å². The molecule has 0 saturated carbocycles. The summed E-state index contributed by atoms with van der Waals surface area (Å²) in [6.45, 7) is 8.18. The maximum atomic E-state index is 12.4. The highest BCUT2D eigenvalue weighted by Crippen LogP contribution is 2.25. The van der Waals surface area contributed by atoms with Gasteiger partial charge in [0, 0.05) is 13.0 Å². The normalized spacial score (nSPS) is 15.6. The van der Waals surface area contributed by atoms with Crippen molar-refractivity contribution < 1.29 is 9.59 Å². The number of benzene rings is 1. The van der Waals surface area contributed by atoms with Crippen molar-refractivity contribution >= 4 is 29.9 Å². The smallest absolute Gasteiger partial charge is 0.253 e. The van der Waals surface area contributed by atoms with Crippen LogP contribution in [0.3, 0.4) is 0 Å². The first-order valence-corrected chi connectivity index (χ1v) is 8.60. The van der Waals surface area contributed by atoms with Gasteiger partial charge < -0.3 is 16.0 Å². The number of hydrogen-bond donors (Lipinski definition) is 3. The Balaban J connectivity index is 0.00000312. The Kier molecular flexibility index (Phi) is 9.24. The summed E-state index contributed by atoms with van der Waals surface area (Å²) in [7, 11) is 0. The zero-order valence-electron chi connectivity index (χ0n) is 14.7. The van der Waals surface area contributed by atoms with Gasteiger partial charge in [0.25, 0.3) is 5.91 Å². The van der Waals surface area contributed by atoms with Crippen LogP contribution in [0.5, 0.6) is 0 Å². The molecule has 1 fully saturated rings. The molecule has 1 aliphatic rings. The number of anilines is 1. The van der Waals surface area contributed by atoms with Crippen molar-refractivity contribution in [3.63, 3.8) is 0 Å². The van der Waals surface area contributed by atoms with Gasteiger partial charge in [-0.3, -0.25) is 9.59 Å². The van der Waals surface area contributed by atoms with Crippen molar-refractivity contribution in [2.24, 2.45) is 11.8 Å². The Hall–Kier alpha value is -1.85. The third-order valence-corrected chi connectivity index (χ3v) is 4.55. The van der Waals surface area contributed by atoms with Crippen LogP contribution in [-0.2, 0) is 4.79 Å². The van der Waals surface area contributed by atoms with E-state index in [9.17, 15) is 9.59 Å². The maximum absolute atomic E-state index is 12.4. The second-order valence-electron chi connectivity index (χ2n) is 6.36. The quantitative estimate of drug-likeness (QED) is 0.650. The lowest BCUT2D eigenvalue weighted by Gasteiger charge is -2.28. The molecular weight excluding hydrogens is 338 g/mol. The van der Waals surface area contributed by atoms with E-state index >= 15 is 0 Å². The first-order valence-electron chi connectivity index (χ1n) is 8.60. The van der Waals surface area contributed by atoms with E-state index in [0.29, 0.717) is 36.1 Å². The Labute approximate surface area is 156 Å². The fourth-order valence-corrected chi connectivity index (χ4v) is 3.12. The van der Waals surface area contributed by atoms with Gasteiger partial charge in [-0.15, -0.1) is 19.0 Å². The summed E-state index contributed by atoms with van der Waals surface area (Å²) < 4.78 is 0. The standard InChI is InChI=1S/C19H27N3O2.ClH/c1-3-10-21-19(24)16-6-4-5-7-17(16)22-18(23)13-14(2)15-8-11-20-12-9-15;/h3-7,14-15,20H,1,8-13H2,2H3,(H,21,24)(H,22,23);1H. The van der Waals surface area contributed by atoms with E-state index in [2.05, 4.69) is 29.5 Å². The van der Waals surface area contributed by atoms with Gasteiger partial charge in [-0.2, -0.15) is 0 Å². The molecule has 0 aromatic heterocycles. The third-order valence-electron chi connectivity index (χ3n) is 4.55. The molecule has 2 amide bonds. The summed E-state index contributed by atoms with van der Waals surface area (Å²) in [5, 5.41) is 8.98. The van der Waals surface area contributed by atoms with Crippen LogP contribution in [0.15, 0.2) is 36.9 Å². The number of amides is 2. The zero-order valence-corrected chi connectivity index (χ0v) is 15.5. The number of halogens is 1. The van der Waals surface area contributed by atoms with Crippen LogP contribution >= 0.6 is 12.4 Å². The minimum absolute atomic E-state index is 0. The van der Waals surface area contributed by atoms with Gasteiger partial charge in [0.1, 0.15) is 0 Å². The van der Waals surface area contributed by atoms with Gasteiger partial charge in [-0.25, -0.2) is 0 Å². The van der Waals surface area contributed by atoms with Crippen LogP contribution in [0.2, 0.25) is 0 Å². The molecule has 1 saturated heterocycles. The topological polar surface area (TPSA) is 70.2 Å². The maximum Gasteiger partial charge on any atom is 0.253 e. The van der Waals surface area contributed by atoms with Crippen LogP contribution < -0.4 is 16.0 Å². The van der Waals surface area contributed by atoms with E-state index in [0.717, 1.165) is 25.9 Å². The molecule has 2 rings (SSSR count). The van der Waals surface area contributed by atoms with E-state index in [1.54, 1.807) is 24.3 Å². The van der Waals surface area contributed by atoms with Crippen molar-refractivity contribution in [1.82, 2.24) is 10.6 Å². The second-order valence-corrected chi connectivity index (χ2v) is 6.36. The van der Waals surface area contributed by atoms with Crippen LogP contribution in [0, 0.1) is 11.8 Å². The molecule has 6 heteroatoms. The van der Waals surface area contributed by atoms with E-state index in [-0.39, 0.29) is 24.2 Å². The summed E-state index contributed by atoms with van der Waals surface area (Å²) in [6.07, 6.45) is 4.34. The van der Waals surface area contributed by atoms with Crippen molar-refractivity contribution in [2.75, 3.05) is 25.0 Å². The SMILES string of the molecule is C=CCNC(=O)c1ccccc1NC(=O)CC(C)C1CCNCC1.Cl. The van der Waals surface area contributed by atoms with Gasteiger partial charge in [0.05, 0.1) is 11.3 Å². The predicted molar refractivity (Wildman–Crippen MR) is 104 cm³/mol. The number of hydrogen-bond acceptors (Lipinski definition) is 3. The van der Waals surface area contributed by atoms with Crippen LogP contribution in [0.4, 0.5) is 5.69 Å². The minimum Gasteiger partial charge on any atom is -0.349 e. The molecule has 1 aromatic carbocycles. The molecule has 1 heterocycles. The van der Waals surface area contributed by atoms with Crippen LogP contribution in [0.1, 0.15) is 36.5 Å². The highest BCUT2D eigenvalue weighted by molar-refractivity contribution is 6.03. The molecule has 1 unspecified atom stereocenters. The Morgan fingerprint density at radius 2 is 2.00 bits per heavy atom. The molecule has 5 nitrogen and oxygen atoms in total. The Morgan fingerprint density at radius 3 is 2.68 bits per heavy atom. The lowest BCUT2D eigenvalue weighted by Crippen LogP contribution is -2.32. The predicted octanol–water partition coefficient (Wildman–Crippen LogP) is 2.99. The van der Waals surface area contributed by atoms with Crippen molar-refractivity contribution in [3.05, 3.63) is 42.5 Å². The van der Waals surface area contributed by atoms with Gasteiger partial charge in [-0.05, 0) is 49.9 Å². The molecule has 0 aliphatic carbocycles. The van der Waals surface area contributed by atoms with Crippen molar-refractivity contribution in [1.29, 1.82) is 0 Å². The molecule has 138 valence electrons. The fourth-order valence-electron chi connectivity index (χ4n) is 3.12. The Bertz CT molecular complexity index is 586.